The summed E-state index contributed by atoms with van der Waals surface area (Å²) in [6.45, 7) is 17.1. The molecule has 83 heavy (non-hydrogen) atoms. The number of ether oxygens (including phenoxy) is 1. The number of esters is 1. The van der Waals surface area contributed by atoms with Crippen LogP contribution in [0.3, 0.4) is 0 Å². The molecule has 0 saturated carbocycles. The van der Waals surface area contributed by atoms with Crippen molar-refractivity contribution >= 4 is 76.9 Å². The van der Waals surface area contributed by atoms with Gasteiger partial charge in [-0.15, -0.1) is 0 Å². The minimum Gasteiger partial charge on any atom is -0.458 e. The molecule has 30 nitrogen and oxygen atoms in total. The van der Waals surface area contributed by atoms with Crippen molar-refractivity contribution in [2.75, 3.05) is 26.3 Å². The number of primary amides is 1. The molecule has 472 valence electrons. The van der Waals surface area contributed by atoms with Crippen LogP contribution in [-0.4, -0.2) is 186 Å². The van der Waals surface area contributed by atoms with Gasteiger partial charge >= 0.3 is 5.97 Å². The zero-order valence-corrected chi connectivity index (χ0v) is 50.1. The lowest BCUT2D eigenvalue weighted by atomic mass is 9.94. The van der Waals surface area contributed by atoms with Crippen LogP contribution in [-0.2, 0) is 62.3 Å². The Morgan fingerprint density at radius 2 is 1.16 bits per heavy atom. The third kappa shape index (κ3) is 25.0. The summed E-state index contributed by atoms with van der Waals surface area (Å²) in [4.78, 5) is 165. The number of amides is 11. The molecular weight excluding hydrogens is 1090 g/mol. The number of cyclic esters (lactones) is 1. The summed E-state index contributed by atoms with van der Waals surface area (Å²) in [7, 11) is 0. The van der Waals surface area contributed by atoms with Crippen molar-refractivity contribution in [2.24, 2.45) is 45.9 Å². The molecule has 0 aromatic rings. The largest absolute Gasteiger partial charge is 0.458 e. The molecule has 1 aliphatic heterocycles. The fraction of sp³-hybridized carbons (Fsp3) is 0.755. The first-order chi connectivity index (χ1) is 38.9. The first-order valence-electron chi connectivity index (χ1n) is 28.4. The van der Waals surface area contributed by atoms with Gasteiger partial charge < -0.3 is 90.6 Å². The number of nitrogens with zero attached hydrogens (tertiary/aromatic N) is 1. The predicted octanol–water partition coefficient (Wildman–Crippen LogP) is -4.71. The molecule has 16 atom stereocenters. The molecule has 0 radical (unpaired) electrons. The van der Waals surface area contributed by atoms with Crippen molar-refractivity contribution in [3.63, 3.8) is 0 Å². The third-order valence-corrected chi connectivity index (χ3v) is 14.6. The minimum atomic E-state index is -1.80. The molecule has 1 aliphatic rings. The Labute approximate surface area is 485 Å². The number of aliphatic hydroxyl groups is 2. The number of aliphatic imine (C=N–C) groups is 1. The normalized spacial score (nSPS) is 21.6. The van der Waals surface area contributed by atoms with Crippen LogP contribution < -0.4 is 75.7 Å². The van der Waals surface area contributed by atoms with Crippen LogP contribution in [0.1, 0.15) is 134 Å². The van der Waals surface area contributed by atoms with E-state index >= 15 is 0 Å². The van der Waals surface area contributed by atoms with Gasteiger partial charge in [-0.05, 0) is 63.7 Å². The maximum absolute atomic E-state index is 14.3. The van der Waals surface area contributed by atoms with Gasteiger partial charge in [0.05, 0.1) is 25.3 Å². The van der Waals surface area contributed by atoms with Gasteiger partial charge in [-0.1, -0.05) is 81.1 Å². The molecule has 1 fully saturated rings. The Kier molecular flexibility index (Phi) is 33.0. The lowest BCUT2D eigenvalue weighted by Gasteiger charge is -2.31. The first-order valence-corrected chi connectivity index (χ1v) is 28.4. The Balaban J connectivity index is 3.48. The van der Waals surface area contributed by atoms with Crippen molar-refractivity contribution in [3.05, 3.63) is 0 Å². The van der Waals surface area contributed by atoms with E-state index < -0.39 is 180 Å². The van der Waals surface area contributed by atoms with Gasteiger partial charge in [0.1, 0.15) is 60.5 Å². The van der Waals surface area contributed by atoms with Gasteiger partial charge in [-0.25, -0.2) is 4.79 Å². The SMILES string of the molecule is CC[C@@H](C)[C@@H](NC(=O)[C@@H](CCC(N)=O)NC[C@H](CO)NC(=O)[C@@H](NC(=O)[C@@H](C)NC(C)=O)[C@@H](C)CC)C(=O)N[C@H](C(=O)N[C@@H](CO)C(=O)N[C@H]1C(=O)N[C@@H](C)C(=O)N[C@@H](CCCN=C(N)N)C(=O)N[C@@H]([C@@H](C)CC)C(=O)O[C@H]1C)[C@@H](C)CC. The topological polar surface area (TPSA) is 477 Å². The lowest BCUT2D eigenvalue weighted by molar-refractivity contribution is -0.157. The second kappa shape index (κ2) is 37.1. The van der Waals surface area contributed by atoms with Crippen LogP contribution in [0.4, 0.5) is 0 Å². The van der Waals surface area contributed by atoms with Crippen LogP contribution in [0.25, 0.3) is 0 Å². The summed E-state index contributed by atoms with van der Waals surface area (Å²) in [6, 6.07) is -14.5. The maximum Gasteiger partial charge on any atom is 0.329 e. The van der Waals surface area contributed by atoms with Crippen LogP contribution >= 0.6 is 0 Å². The summed E-state index contributed by atoms with van der Waals surface area (Å²) in [6.07, 6.45) is -0.284. The molecule has 1 saturated heterocycles. The van der Waals surface area contributed by atoms with Gasteiger partial charge in [0.2, 0.25) is 65.0 Å². The summed E-state index contributed by atoms with van der Waals surface area (Å²) < 4.78 is 5.70. The van der Waals surface area contributed by atoms with Crippen LogP contribution in [0, 0.1) is 23.7 Å². The number of rotatable bonds is 33. The van der Waals surface area contributed by atoms with E-state index in [1.807, 2.05) is 0 Å². The van der Waals surface area contributed by atoms with Gasteiger partial charge in [0.15, 0.2) is 5.96 Å². The third-order valence-electron chi connectivity index (χ3n) is 14.6. The molecule has 0 aliphatic carbocycles. The second-order valence-electron chi connectivity index (χ2n) is 21.4. The Morgan fingerprint density at radius 3 is 1.65 bits per heavy atom. The number of hydrogen-bond acceptors (Lipinski definition) is 17. The molecule has 1 rings (SSSR count). The van der Waals surface area contributed by atoms with E-state index in [0.29, 0.717) is 19.3 Å². The summed E-state index contributed by atoms with van der Waals surface area (Å²) >= 11 is 0. The van der Waals surface area contributed by atoms with Gasteiger partial charge in [-0.3, -0.25) is 57.7 Å². The average Bonchev–Trinajstić information content (AvgIpc) is 3.57. The zero-order valence-electron chi connectivity index (χ0n) is 50.1. The monoisotopic (exact) mass is 1180 g/mol. The number of aliphatic hydroxyl groups excluding tert-OH is 2. The highest BCUT2D eigenvalue weighted by molar-refractivity contribution is 5.98. The molecule has 0 aromatic heterocycles. The minimum absolute atomic E-state index is 0.0311. The van der Waals surface area contributed by atoms with Crippen molar-refractivity contribution in [2.45, 2.75) is 207 Å². The fourth-order valence-electron chi connectivity index (χ4n) is 8.39. The van der Waals surface area contributed by atoms with E-state index in [4.69, 9.17) is 21.9 Å². The number of carbonyl (C=O) groups excluding carboxylic acids is 12. The quantitative estimate of drug-likeness (QED) is 0.0127. The first kappa shape index (κ1) is 73.8. The zero-order chi connectivity index (χ0) is 63.4. The molecule has 0 unspecified atom stereocenters. The second-order valence-corrected chi connectivity index (χ2v) is 21.4. The van der Waals surface area contributed by atoms with Crippen molar-refractivity contribution in [1.29, 1.82) is 0 Å². The number of nitrogens with one attached hydrogen (secondary N) is 11. The van der Waals surface area contributed by atoms with E-state index in [2.05, 4.69) is 63.5 Å². The van der Waals surface area contributed by atoms with E-state index in [-0.39, 0.29) is 51.2 Å². The number of hydrogen-bond donors (Lipinski definition) is 16. The maximum atomic E-state index is 14.3. The van der Waals surface area contributed by atoms with Gasteiger partial charge in [-0.2, -0.15) is 0 Å². The van der Waals surface area contributed by atoms with Crippen LogP contribution in [0.15, 0.2) is 4.99 Å². The average molecular weight is 1180 g/mol. The van der Waals surface area contributed by atoms with Crippen LogP contribution in [0.5, 0.6) is 0 Å². The van der Waals surface area contributed by atoms with Crippen molar-refractivity contribution in [1.82, 2.24) is 58.5 Å². The van der Waals surface area contributed by atoms with Crippen molar-refractivity contribution in [3.8, 4) is 0 Å². The highest BCUT2D eigenvalue weighted by atomic mass is 16.5. The van der Waals surface area contributed by atoms with E-state index in [0.717, 1.165) is 0 Å². The molecule has 19 N–H and O–H groups in total. The highest BCUT2D eigenvalue weighted by Crippen LogP contribution is 2.17. The fourth-order valence-corrected chi connectivity index (χ4v) is 8.39. The number of guanidine groups is 1. The molecule has 1 heterocycles. The smallest absolute Gasteiger partial charge is 0.329 e. The molecule has 30 heteroatoms. The Hall–Kier alpha value is -7.21. The molecule has 0 aromatic carbocycles. The van der Waals surface area contributed by atoms with Crippen LogP contribution in [0.2, 0.25) is 0 Å². The van der Waals surface area contributed by atoms with E-state index in [9.17, 15) is 67.7 Å². The van der Waals surface area contributed by atoms with Gasteiger partial charge in [0, 0.05) is 26.4 Å². The Bertz CT molecular complexity index is 2250. The van der Waals surface area contributed by atoms with E-state index in [1.165, 1.54) is 27.7 Å². The summed E-state index contributed by atoms with van der Waals surface area (Å²) in [5, 5.41) is 49.4. The number of carbonyl (C=O) groups is 12. The van der Waals surface area contributed by atoms with Gasteiger partial charge in [0.25, 0.3) is 0 Å². The summed E-state index contributed by atoms with van der Waals surface area (Å²) in [5.41, 5.74) is 16.3. The molecule has 11 amide bonds. The van der Waals surface area contributed by atoms with E-state index in [1.54, 1.807) is 55.4 Å². The van der Waals surface area contributed by atoms with Crippen molar-refractivity contribution < 1.29 is 72.5 Å². The predicted molar refractivity (Wildman–Crippen MR) is 304 cm³/mol. The molecule has 0 bridgehead atoms. The lowest BCUT2D eigenvalue weighted by Crippen LogP contribution is -2.63. The standard InChI is InChI=1S/C53H95N15O15/c1-13-25(5)38(64-44(74)29(9)59-32(12)71)48(78)61-33(23-69)22-58-34(19-20-37(54)72)45(75)65-40(27(7)15-3)50(80)66-39(26(6)14-2)49(79)63-36(24-70)47(77)68-42-31(11)83-52(82)41(28(8)16-4)67-46(76)35(18-17-21-57-53(55)56)62-43(73)30(10)60-51(42)81/h25-31,33-36,38-42,58,69-70H,13-24H2,1-12H3,(H2,54,72)(H,59,71)(H,60,81)(H,61,78)(H,62,73)(H,63,79)(H,64,74)(H,65,75)(H,66,80)(H,67,76)(H,68,77)(H4,55,56,57)/t25-,26-,27+,28-,29+,30-,31-,33+,34+,35-,36-,38-,39-,40+,41-,42+/m0/s1. The molecule has 0 spiro atoms. The molecular formula is C53H95N15O15. The number of nitrogens with two attached hydrogens (primary N) is 3. The summed E-state index contributed by atoms with van der Waals surface area (Å²) in [5.74, 6) is -12.1. The highest BCUT2D eigenvalue weighted by Gasteiger charge is 2.40. The Morgan fingerprint density at radius 1 is 0.627 bits per heavy atom.